The molecule has 0 fully saturated rings. The van der Waals surface area contributed by atoms with Gasteiger partial charge in [0.2, 0.25) is 5.91 Å². The summed E-state index contributed by atoms with van der Waals surface area (Å²) in [6.07, 6.45) is -0.156. The Hall–Kier alpha value is -3.86. The summed E-state index contributed by atoms with van der Waals surface area (Å²) in [6, 6.07) is 14.5. The molecule has 2 N–H and O–H groups in total. The Kier molecular flexibility index (Phi) is 10.2. The van der Waals surface area contributed by atoms with Crippen molar-refractivity contribution in [3.8, 4) is 6.07 Å². The Balaban J connectivity index is 2.52. The molecule has 3 amide bonds. The van der Waals surface area contributed by atoms with Gasteiger partial charge >= 0.3 is 6.09 Å². The Morgan fingerprint density at radius 2 is 1.62 bits per heavy atom. The summed E-state index contributed by atoms with van der Waals surface area (Å²) in [5, 5.41) is 15.3. The number of hydrogen-bond acceptors (Lipinski definition) is 5. The Morgan fingerprint density at radius 3 is 2.14 bits per heavy atom. The lowest BCUT2D eigenvalue weighted by Crippen LogP contribution is -2.54. The lowest BCUT2D eigenvalue weighted by molar-refractivity contribution is -0.141. The van der Waals surface area contributed by atoms with Crippen LogP contribution in [0.4, 0.5) is 10.5 Å². The molecular formula is C29H38N4O4. The van der Waals surface area contributed by atoms with E-state index in [0.717, 1.165) is 11.1 Å². The van der Waals surface area contributed by atoms with E-state index in [1.807, 2.05) is 58.0 Å². The van der Waals surface area contributed by atoms with Gasteiger partial charge in [-0.2, -0.15) is 5.26 Å². The summed E-state index contributed by atoms with van der Waals surface area (Å²) in [7, 11) is 0. The van der Waals surface area contributed by atoms with Gasteiger partial charge in [0.1, 0.15) is 24.2 Å². The fourth-order valence-corrected chi connectivity index (χ4v) is 3.98. The second kappa shape index (κ2) is 12.9. The van der Waals surface area contributed by atoms with E-state index in [1.54, 1.807) is 45.0 Å². The van der Waals surface area contributed by atoms with E-state index in [1.165, 1.54) is 4.90 Å². The normalized spacial score (nSPS) is 13.5. The van der Waals surface area contributed by atoms with Crippen LogP contribution in [0.1, 0.15) is 63.8 Å². The number of nitriles is 1. The first-order valence-electron chi connectivity index (χ1n) is 12.5. The van der Waals surface area contributed by atoms with Crippen LogP contribution in [0.3, 0.4) is 0 Å². The summed E-state index contributed by atoms with van der Waals surface area (Å²) in [5.41, 5.74) is 2.21. The van der Waals surface area contributed by atoms with Gasteiger partial charge in [-0.05, 0) is 57.2 Å². The van der Waals surface area contributed by atoms with Gasteiger partial charge < -0.3 is 20.3 Å². The lowest BCUT2D eigenvalue weighted by atomic mass is 9.95. The highest BCUT2D eigenvalue weighted by Crippen LogP contribution is 2.27. The number of carbonyl (C=O) groups is 3. The number of aryl methyl sites for hydroxylation is 2. The number of rotatable bonds is 9. The maximum Gasteiger partial charge on any atom is 0.408 e. The molecule has 198 valence electrons. The SMILES string of the molecule is CCC(C)C(NC(=O)OC(C)(C)C)C(=O)N(CC#N)C(C(=O)Nc1c(C)cccc1C)c1ccccc1. The molecule has 2 aromatic carbocycles. The molecule has 37 heavy (non-hydrogen) atoms. The fourth-order valence-electron chi connectivity index (χ4n) is 3.98. The van der Waals surface area contributed by atoms with Gasteiger partial charge in [-0.25, -0.2) is 4.79 Å². The predicted molar refractivity (Wildman–Crippen MR) is 144 cm³/mol. The number of hydrogen-bond donors (Lipinski definition) is 2. The molecular weight excluding hydrogens is 468 g/mol. The van der Waals surface area contributed by atoms with Crippen molar-refractivity contribution >= 4 is 23.6 Å². The van der Waals surface area contributed by atoms with Gasteiger partial charge in [-0.3, -0.25) is 9.59 Å². The molecule has 0 aliphatic carbocycles. The van der Waals surface area contributed by atoms with E-state index in [9.17, 15) is 19.6 Å². The van der Waals surface area contributed by atoms with Crippen LogP contribution in [0.25, 0.3) is 0 Å². The average Bonchev–Trinajstić information content (AvgIpc) is 2.83. The van der Waals surface area contributed by atoms with Crippen LogP contribution in [-0.2, 0) is 14.3 Å². The third kappa shape index (κ3) is 8.07. The number of carbonyl (C=O) groups excluding carboxylic acids is 3. The zero-order chi connectivity index (χ0) is 27.8. The lowest BCUT2D eigenvalue weighted by Gasteiger charge is -2.34. The van der Waals surface area contributed by atoms with Crippen LogP contribution >= 0.6 is 0 Å². The summed E-state index contributed by atoms with van der Waals surface area (Å²) < 4.78 is 5.39. The van der Waals surface area contributed by atoms with E-state index < -0.39 is 35.6 Å². The Labute approximate surface area is 220 Å². The van der Waals surface area contributed by atoms with E-state index in [-0.39, 0.29) is 12.5 Å². The second-order valence-electron chi connectivity index (χ2n) is 10.2. The number of para-hydroxylation sites is 1. The Morgan fingerprint density at radius 1 is 1.03 bits per heavy atom. The molecule has 0 aromatic heterocycles. The standard InChI is InChI=1S/C29H38N4O4/c1-8-19(2)24(32-28(36)37-29(5,6)7)27(35)33(18-17-30)25(22-15-10-9-11-16-22)26(34)31-23-20(3)13-12-14-21(23)4/h9-16,19,24-25H,8,18H2,1-7H3,(H,31,34)(H,32,36). The van der Waals surface area contributed by atoms with Crippen molar-refractivity contribution in [3.05, 3.63) is 65.2 Å². The van der Waals surface area contributed by atoms with Crippen LogP contribution < -0.4 is 10.6 Å². The first-order chi connectivity index (χ1) is 17.4. The molecule has 2 aromatic rings. The van der Waals surface area contributed by atoms with Gasteiger partial charge in [0, 0.05) is 5.69 Å². The highest BCUT2D eigenvalue weighted by atomic mass is 16.6. The Bertz CT molecular complexity index is 1110. The summed E-state index contributed by atoms with van der Waals surface area (Å²) >= 11 is 0. The van der Waals surface area contributed by atoms with Crippen molar-refractivity contribution in [2.75, 3.05) is 11.9 Å². The third-order valence-electron chi connectivity index (χ3n) is 6.08. The van der Waals surface area contributed by atoms with Crippen LogP contribution in [0.5, 0.6) is 0 Å². The van der Waals surface area contributed by atoms with Crippen LogP contribution in [0.15, 0.2) is 48.5 Å². The molecule has 0 spiro atoms. The number of nitrogens with zero attached hydrogens (tertiary/aromatic N) is 2. The average molecular weight is 507 g/mol. The van der Waals surface area contributed by atoms with Crippen molar-refractivity contribution in [2.24, 2.45) is 5.92 Å². The van der Waals surface area contributed by atoms with Crippen LogP contribution in [0.2, 0.25) is 0 Å². The molecule has 3 atom stereocenters. The van der Waals surface area contributed by atoms with Crippen molar-refractivity contribution < 1.29 is 19.1 Å². The van der Waals surface area contributed by atoms with Gasteiger partial charge in [-0.15, -0.1) is 0 Å². The fraction of sp³-hybridized carbons (Fsp3) is 0.448. The molecule has 8 heteroatoms. The van der Waals surface area contributed by atoms with Gasteiger partial charge in [0.15, 0.2) is 0 Å². The monoisotopic (exact) mass is 506 g/mol. The molecule has 0 bridgehead atoms. The maximum atomic E-state index is 14.0. The van der Waals surface area contributed by atoms with Crippen LogP contribution in [-0.4, -0.2) is 41.0 Å². The zero-order valence-corrected chi connectivity index (χ0v) is 22.8. The molecule has 8 nitrogen and oxygen atoms in total. The summed E-state index contributed by atoms with van der Waals surface area (Å²) in [6.45, 7) is 12.4. The van der Waals surface area contributed by atoms with Gasteiger partial charge in [0.25, 0.3) is 5.91 Å². The molecule has 0 aliphatic rings. The second-order valence-corrected chi connectivity index (χ2v) is 10.2. The first kappa shape index (κ1) is 29.4. The zero-order valence-electron chi connectivity index (χ0n) is 22.8. The maximum absolute atomic E-state index is 14.0. The first-order valence-corrected chi connectivity index (χ1v) is 12.5. The van der Waals surface area contributed by atoms with E-state index in [0.29, 0.717) is 17.7 Å². The predicted octanol–water partition coefficient (Wildman–Crippen LogP) is 5.27. The highest BCUT2D eigenvalue weighted by molar-refractivity contribution is 6.00. The van der Waals surface area contributed by atoms with Gasteiger partial charge in [-0.1, -0.05) is 68.8 Å². The molecule has 0 radical (unpaired) electrons. The van der Waals surface area contributed by atoms with Crippen molar-refractivity contribution in [2.45, 2.75) is 72.6 Å². The number of anilines is 1. The largest absolute Gasteiger partial charge is 0.444 e. The van der Waals surface area contributed by atoms with E-state index in [4.69, 9.17) is 4.74 Å². The number of amides is 3. The van der Waals surface area contributed by atoms with Crippen molar-refractivity contribution in [1.82, 2.24) is 10.2 Å². The quantitative estimate of drug-likeness (QED) is 0.450. The summed E-state index contributed by atoms with van der Waals surface area (Å²) in [4.78, 5) is 41.6. The molecule has 0 heterocycles. The smallest absolute Gasteiger partial charge is 0.408 e. The summed E-state index contributed by atoms with van der Waals surface area (Å²) in [5.74, 6) is -1.26. The minimum absolute atomic E-state index is 0.278. The molecule has 2 rings (SSSR count). The number of ether oxygens (including phenoxy) is 1. The van der Waals surface area contributed by atoms with Crippen molar-refractivity contribution in [1.29, 1.82) is 5.26 Å². The number of alkyl carbamates (subject to hydrolysis) is 1. The van der Waals surface area contributed by atoms with Crippen LogP contribution in [0, 0.1) is 31.1 Å². The molecule has 0 saturated carbocycles. The van der Waals surface area contributed by atoms with Crippen molar-refractivity contribution in [3.63, 3.8) is 0 Å². The third-order valence-corrected chi connectivity index (χ3v) is 6.08. The molecule has 0 aliphatic heterocycles. The number of nitrogens with one attached hydrogen (secondary N) is 2. The minimum atomic E-state index is -1.10. The molecule has 3 unspecified atom stereocenters. The van der Waals surface area contributed by atoms with E-state index >= 15 is 0 Å². The highest BCUT2D eigenvalue weighted by Gasteiger charge is 2.38. The topological polar surface area (TPSA) is 112 Å². The minimum Gasteiger partial charge on any atom is -0.444 e. The molecule has 0 saturated heterocycles. The van der Waals surface area contributed by atoms with E-state index in [2.05, 4.69) is 10.6 Å². The number of benzene rings is 2. The van der Waals surface area contributed by atoms with Gasteiger partial charge in [0.05, 0.1) is 6.07 Å².